The molecule has 2 aromatic rings. The monoisotopic (exact) mass is 591 g/mol. The first kappa shape index (κ1) is 30.5. The zero-order valence-electron chi connectivity index (χ0n) is 23.8. The molecule has 0 aliphatic carbocycles. The predicted octanol–water partition coefficient (Wildman–Crippen LogP) is 2.98. The van der Waals surface area contributed by atoms with Crippen LogP contribution in [0, 0.1) is 0 Å². The molecular weight excluding hydrogens is 556 g/mol. The van der Waals surface area contributed by atoms with E-state index in [0.717, 1.165) is 10.5 Å². The Kier molecular flexibility index (Phi) is 10.0. The van der Waals surface area contributed by atoms with Gasteiger partial charge in [-0.3, -0.25) is 14.4 Å². The minimum Gasteiger partial charge on any atom is -0.496 e. The number of benzene rings is 2. The molecule has 222 valence electrons. The minimum absolute atomic E-state index is 0.232. The maximum atomic E-state index is 12.4. The van der Waals surface area contributed by atoms with Crippen molar-refractivity contribution in [3.63, 3.8) is 0 Å². The molecule has 2 aromatic carbocycles. The lowest BCUT2D eigenvalue weighted by Crippen LogP contribution is -2.66. The highest BCUT2D eigenvalue weighted by atomic mass is 32.2. The zero-order valence-corrected chi connectivity index (χ0v) is 24.6. The predicted molar refractivity (Wildman–Crippen MR) is 147 cm³/mol. The lowest BCUT2D eigenvalue weighted by Gasteiger charge is -2.47. The number of fused-ring (bicyclic) bond motifs is 1. The van der Waals surface area contributed by atoms with E-state index in [0.29, 0.717) is 23.0 Å². The van der Waals surface area contributed by atoms with E-state index in [2.05, 4.69) is 0 Å². The lowest BCUT2D eigenvalue weighted by molar-refractivity contribution is -0.249. The van der Waals surface area contributed by atoms with E-state index in [-0.39, 0.29) is 6.61 Å². The average molecular weight is 592 g/mol. The van der Waals surface area contributed by atoms with Crippen molar-refractivity contribution in [2.75, 3.05) is 33.7 Å². The van der Waals surface area contributed by atoms with E-state index < -0.39 is 64.8 Å². The van der Waals surface area contributed by atoms with Crippen LogP contribution in [0.4, 0.5) is 0 Å². The number of hydrogen-bond donors (Lipinski definition) is 0. The van der Waals surface area contributed by atoms with Crippen LogP contribution in [-0.2, 0) is 49.0 Å². The van der Waals surface area contributed by atoms with Crippen LogP contribution in [0.15, 0.2) is 47.4 Å². The number of ether oxygens (including phenoxy) is 8. The summed E-state index contributed by atoms with van der Waals surface area (Å²) in [5.41, 5.74) is 0.186. The summed E-state index contributed by atoms with van der Waals surface area (Å²) in [6, 6.07) is 13.2. The summed E-state index contributed by atoms with van der Waals surface area (Å²) in [5.74, 6) is 0.295. The molecule has 0 N–H and O–H groups in total. The lowest BCUT2D eigenvalue weighted by atomic mass is 9.98. The molecule has 41 heavy (non-hydrogen) atoms. The smallest absolute Gasteiger partial charge is 0.303 e. The van der Waals surface area contributed by atoms with Crippen molar-refractivity contribution in [1.82, 2.24) is 0 Å². The third-order valence-corrected chi connectivity index (χ3v) is 9.21. The van der Waals surface area contributed by atoms with Gasteiger partial charge >= 0.3 is 17.9 Å². The Morgan fingerprint density at radius 2 is 1.44 bits per heavy atom. The van der Waals surface area contributed by atoms with E-state index in [1.54, 1.807) is 33.5 Å². The van der Waals surface area contributed by atoms with Gasteiger partial charge in [-0.25, -0.2) is 0 Å². The van der Waals surface area contributed by atoms with Crippen molar-refractivity contribution < 1.29 is 52.3 Å². The molecule has 0 aromatic heterocycles. The van der Waals surface area contributed by atoms with Crippen molar-refractivity contribution in [3.8, 4) is 17.2 Å². The van der Waals surface area contributed by atoms with Crippen LogP contribution in [0.5, 0.6) is 17.2 Å². The number of rotatable bonds is 9. The van der Waals surface area contributed by atoms with Gasteiger partial charge in [-0.1, -0.05) is 30.3 Å². The Morgan fingerprint density at radius 3 is 1.98 bits per heavy atom. The summed E-state index contributed by atoms with van der Waals surface area (Å²) in [7, 11) is 3.84. The second-order valence-electron chi connectivity index (χ2n) is 9.45. The standard InChI is InChI=1S/C29H35O11S/c1-16(30)36-14-23-25(37-17(2)31)26(38-18(3)32)27-29(40-23)41(15-24(39-27)19-10-8-7-9-11-19)28-21(34-5)12-20(33-4)13-22(28)35-6/h7-13,23-27,29H,14-15H2,1-6H3/q+1/t23-,24-,25-,26+,27-,29+,41?/m1/s1. The number of carbonyl (C=O) groups excluding carboxylic acids is 3. The molecule has 0 spiro atoms. The highest BCUT2D eigenvalue weighted by Gasteiger charge is 2.62. The second-order valence-corrected chi connectivity index (χ2v) is 11.5. The quantitative estimate of drug-likeness (QED) is 0.243. The topological polar surface area (TPSA) is 125 Å². The fourth-order valence-electron chi connectivity index (χ4n) is 5.01. The number of methoxy groups -OCH3 is 3. The molecule has 2 saturated heterocycles. The van der Waals surface area contributed by atoms with Crippen LogP contribution in [0.1, 0.15) is 32.4 Å². The van der Waals surface area contributed by atoms with Gasteiger partial charge in [0.2, 0.25) is 4.90 Å². The second kappa shape index (κ2) is 13.5. The molecule has 11 nitrogen and oxygen atoms in total. The highest BCUT2D eigenvalue weighted by Crippen LogP contribution is 2.48. The number of hydrogen-bond acceptors (Lipinski definition) is 11. The third kappa shape index (κ3) is 6.88. The van der Waals surface area contributed by atoms with Gasteiger partial charge in [-0.2, -0.15) is 0 Å². The van der Waals surface area contributed by atoms with Gasteiger partial charge in [-0.15, -0.1) is 0 Å². The average Bonchev–Trinajstić information content (AvgIpc) is 2.96. The van der Waals surface area contributed by atoms with Crippen molar-refractivity contribution in [3.05, 3.63) is 48.0 Å². The molecule has 1 unspecified atom stereocenters. The molecule has 2 aliphatic heterocycles. The summed E-state index contributed by atoms with van der Waals surface area (Å²) in [6.45, 7) is 3.54. The van der Waals surface area contributed by atoms with E-state index in [9.17, 15) is 14.4 Å². The van der Waals surface area contributed by atoms with Gasteiger partial charge < -0.3 is 37.9 Å². The molecule has 0 amide bonds. The Bertz CT molecular complexity index is 1210. The van der Waals surface area contributed by atoms with Crippen LogP contribution in [0.3, 0.4) is 0 Å². The van der Waals surface area contributed by atoms with Crippen molar-refractivity contribution >= 4 is 28.8 Å². The largest absolute Gasteiger partial charge is 0.496 e. The molecule has 2 fully saturated rings. The summed E-state index contributed by atoms with van der Waals surface area (Å²) >= 11 is 0. The van der Waals surface area contributed by atoms with Gasteiger partial charge in [0.25, 0.3) is 5.44 Å². The van der Waals surface area contributed by atoms with E-state index in [1.807, 2.05) is 30.3 Å². The third-order valence-electron chi connectivity index (χ3n) is 6.68. The van der Waals surface area contributed by atoms with Crippen LogP contribution >= 0.6 is 0 Å². The molecule has 0 radical (unpaired) electrons. The summed E-state index contributed by atoms with van der Waals surface area (Å²) in [4.78, 5) is 37.0. The van der Waals surface area contributed by atoms with Crippen molar-refractivity contribution in [2.24, 2.45) is 0 Å². The van der Waals surface area contributed by atoms with Crippen LogP contribution < -0.4 is 14.2 Å². The Morgan fingerprint density at radius 1 is 0.829 bits per heavy atom. The Balaban J connectivity index is 1.88. The molecule has 0 saturated carbocycles. The van der Waals surface area contributed by atoms with Crippen molar-refractivity contribution in [2.45, 2.75) is 61.6 Å². The molecule has 2 heterocycles. The first-order valence-corrected chi connectivity index (χ1v) is 14.5. The molecule has 0 bridgehead atoms. The Hall–Kier alpha value is -3.48. The zero-order chi connectivity index (χ0) is 29.7. The highest BCUT2D eigenvalue weighted by molar-refractivity contribution is 7.97. The van der Waals surface area contributed by atoms with Gasteiger partial charge in [0, 0.05) is 32.9 Å². The fourth-order valence-corrected chi connectivity index (χ4v) is 7.81. The fraction of sp³-hybridized carbons (Fsp3) is 0.483. The normalized spacial score (nSPS) is 27.1. The van der Waals surface area contributed by atoms with E-state index in [4.69, 9.17) is 37.9 Å². The van der Waals surface area contributed by atoms with Gasteiger partial charge in [0.15, 0.2) is 29.8 Å². The maximum absolute atomic E-state index is 12.4. The van der Waals surface area contributed by atoms with Gasteiger partial charge in [-0.05, 0) is 5.56 Å². The van der Waals surface area contributed by atoms with Gasteiger partial charge in [0.05, 0.1) is 32.2 Å². The summed E-state index contributed by atoms with van der Waals surface area (Å²) < 4.78 is 46.9. The van der Waals surface area contributed by atoms with Crippen LogP contribution in [0.25, 0.3) is 0 Å². The van der Waals surface area contributed by atoms with E-state index >= 15 is 0 Å². The maximum Gasteiger partial charge on any atom is 0.303 e. The molecule has 4 rings (SSSR count). The molecule has 7 atom stereocenters. The minimum atomic E-state index is -1.10. The first-order chi connectivity index (χ1) is 19.7. The first-order valence-electron chi connectivity index (χ1n) is 13.0. The summed E-state index contributed by atoms with van der Waals surface area (Å²) in [5, 5.41) is 0. The van der Waals surface area contributed by atoms with Gasteiger partial charge in [0.1, 0.15) is 30.3 Å². The summed E-state index contributed by atoms with van der Waals surface area (Å²) in [6.07, 6.45) is -4.42. The Labute approximate surface area is 241 Å². The molecular formula is C29H35O11S+. The van der Waals surface area contributed by atoms with Crippen LogP contribution in [0.2, 0.25) is 0 Å². The number of carbonyl (C=O) groups is 3. The molecule has 12 heteroatoms. The van der Waals surface area contributed by atoms with Crippen molar-refractivity contribution in [1.29, 1.82) is 0 Å². The SMILES string of the molecule is COc1cc(OC)c([S+]2C[C@H](c3ccccc3)O[C@@H]3[C@@H](OC(C)=O)[C@H](OC(C)=O)[C@@H](COC(C)=O)O[C@H]32)c(OC)c1. The van der Waals surface area contributed by atoms with Crippen LogP contribution in [-0.4, -0.2) is 81.4 Å². The number of esters is 3. The molecule has 2 aliphatic rings. The van der Waals surface area contributed by atoms with E-state index in [1.165, 1.54) is 20.8 Å².